The van der Waals surface area contributed by atoms with Crippen molar-refractivity contribution in [2.45, 2.75) is 6.10 Å². The lowest BCUT2D eigenvalue weighted by atomic mass is 10.3. The van der Waals surface area contributed by atoms with Crippen LogP contribution in [0.25, 0.3) is 0 Å². The van der Waals surface area contributed by atoms with Gasteiger partial charge in [-0.1, -0.05) is 23.3 Å². The average Bonchev–Trinajstić information content (AvgIpc) is 2.88. The molecule has 90 valence electrons. The van der Waals surface area contributed by atoms with Gasteiger partial charge in [-0.2, -0.15) is 5.21 Å². The van der Waals surface area contributed by atoms with Crippen LogP contribution in [0.2, 0.25) is 0 Å². The summed E-state index contributed by atoms with van der Waals surface area (Å²) in [5.74, 6) is 1.08. The molecule has 7 nitrogen and oxygen atoms in total. The Hall–Kier alpha value is -2.15. The average molecular weight is 235 g/mol. The number of benzene rings is 1. The zero-order chi connectivity index (χ0) is 11.9. The fourth-order valence-corrected chi connectivity index (χ4v) is 1.21. The Morgan fingerprint density at radius 3 is 2.88 bits per heavy atom. The van der Waals surface area contributed by atoms with Gasteiger partial charge in [-0.05, 0) is 17.3 Å². The number of nitrogens with zero attached hydrogens (tertiary/aromatic N) is 3. The highest BCUT2D eigenvalue weighted by molar-refractivity contribution is 5.21. The smallest absolute Gasteiger partial charge is 0.263 e. The monoisotopic (exact) mass is 235 g/mol. The van der Waals surface area contributed by atoms with E-state index in [0.29, 0.717) is 12.5 Å². The second-order valence-corrected chi connectivity index (χ2v) is 3.39. The summed E-state index contributed by atoms with van der Waals surface area (Å²) in [6.07, 6.45) is -0.645. The molecule has 0 aliphatic rings. The number of aromatic nitrogens is 4. The first-order chi connectivity index (χ1) is 8.34. The third-order valence-corrected chi connectivity index (χ3v) is 2.03. The second kappa shape index (κ2) is 5.80. The van der Waals surface area contributed by atoms with E-state index in [0.717, 1.165) is 5.75 Å². The first-order valence-electron chi connectivity index (χ1n) is 5.18. The Labute approximate surface area is 97.8 Å². The molecule has 0 spiro atoms. The number of hydrogen-bond donors (Lipinski definition) is 3. The molecule has 0 saturated carbocycles. The van der Waals surface area contributed by atoms with Gasteiger partial charge in [-0.3, -0.25) is 0 Å². The van der Waals surface area contributed by atoms with Crippen molar-refractivity contribution in [2.24, 2.45) is 0 Å². The Bertz CT molecular complexity index is 420. The molecule has 1 aromatic heterocycles. The maximum absolute atomic E-state index is 9.64. The normalized spacial score (nSPS) is 12.1. The van der Waals surface area contributed by atoms with E-state index in [1.54, 1.807) is 0 Å². The molecule has 1 heterocycles. The molecule has 1 atom stereocenters. The molecule has 17 heavy (non-hydrogen) atoms. The Kier molecular flexibility index (Phi) is 3.87. The highest BCUT2D eigenvalue weighted by Crippen LogP contribution is 2.08. The van der Waals surface area contributed by atoms with Gasteiger partial charge >= 0.3 is 0 Å². The molecular weight excluding hydrogens is 222 g/mol. The summed E-state index contributed by atoms with van der Waals surface area (Å²) >= 11 is 0. The Balaban J connectivity index is 1.69. The van der Waals surface area contributed by atoms with Gasteiger partial charge in [-0.25, -0.2) is 0 Å². The lowest BCUT2D eigenvalue weighted by molar-refractivity contribution is 0.117. The van der Waals surface area contributed by atoms with Crippen molar-refractivity contribution in [3.05, 3.63) is 30.3 Å². The van der Waals surface area contributed by atoms with Crippen LogP contribution in [0.4, 0.5) is 5.95 Å². The molecule has 3 N–H and O–H groups in total. The number of anilines is 1. The van der Waals surface area contributed by atoms with Gasteiger partial charge in [0.25, 0.3) is 5.95 Å². The SMILES string of the molecule is OC(CNc1nn[nH]n1)COc1ccccc1. The summed E-state index contributed by atoms with van der Waals surface area (Å²) in [4.78, 5) is 0. The molecule has 0 saturated heterocycles. The molecular formula is C10H13N5O2. The molecule has 2 rings (SSSR count). The van der Waals surface area contributed by atoms with Gasteiger partial charge in [0.05, 0.1) is 0 Å². The minimum Gasteiger partial charge on any atom is -0.491 e. The topological polar surface area (TPSA) is 96.0 Å². The highest BCUT2D eigenvalue weighted by Gasteiger charge is 2.06. The molecule has 0 fully saturated rings. The van der Waals surface area contributed by atoms with Crippen LogP contribution in [0.1, 0.15) is 0 Å². The van der Waals surface area contributed by atoms with Crippen molar-refractivity contribution in [1.29, 1.82) is 0 Å². The zero-order valence-corrected chi connectivity index (χ0v) is 9.08. The standard InChI is InChI=1S/C10H13N5O2/c16-8(6-11-10-12-14-15-13-10)7-17-9-4-2-1-3-5-9/h1-5,8,16H,6-7H2,(H2,11,12,13,14,15). The van der Waals surface area contributed by atoms with Crippen LogP contribution < -0.4 is 10.1 Å². The summed E-state index contributed by atoms with van der Waals surface area (Å²) in [5, 5.41) is 25.5. The number of aromatic amines is 1. The summed E-state index contributed by atoms with van der Waals surface area (Å²) in [7, 11) is 0. The molecule has 0 aliphatic carbocycles. The van der Waals surface area contributed by atoms with Gasteiger partial charge in [-0.15, -0.1) is 5.10 Å². The second-order valence-electron chi connectivity index (χ2n) is 3.39. The van der Waals surface area contributed by atoms with E-state index in [-0.39, 0.29) is 6.61 Å². The molecule has 0 aliphatic heterocycles. The number of aliphatic hydroxyl groups excluding tert-OH is 1. The lowest BCUT2D eigenvalue weighted by Gasteiger charge is -2.12. The third-order valence-electron chi connectivity index (χ3n) is 2.03. The van der Waals surface area contributed by atoms with E-state index in [1.165, 1.54) is 0 Å². The maximum atomic E-state index is 9.64. The van der Waals surface area contributed by atoms with Crippen LogP contribution >= 0.6 is 0 Å². The Morgan fingerprint density at radius 1 is 1.35 bits per heavy atom. The van der Waals surface area contributed by atoms with E-state index < -0.39 is 6.10 Å². The van der Waals surface area contributed by atoms with E-state index in [1.807, 2.05) is 30.3 Å². The maximum Gasteiger partial charge on any atom is 0.263 e. The number of H-pyrrole nitrogens is 1. The van der Waals surface area contributed by atoms with Crippen molar-refractivity contribution in [3.63, 3.8) is 0 Å². The number of para-hydroxylation sites is 1. The quantitative estimate of drug-likeness (QED) is 0.654. The van der Waals surface area contributed by atoms with Crippen molar-refractivity contribution in [3.8, 4) is 5.75 Å². The van der Waals surface area contributed by atoms with Crippen molar-refractivity contribution in [2.75, 3.05) is 18.5 Å². The largest absolute Gasteiger partial charge is 0.491 e. The zero-order valence-electron chi connectivity index (χ0n) is 9.08. The van der Waals surface area contributed by atoms with Gasteiger partial charge < -0.3 is 15.2 Å². The van der Waals surface area contributed by atoms with Gasteiger partial charge in [0.2, 0.25) is 0 Å². The summed E-state index contributed by atoms with van der Waals surface area (Å²) < 4.78 is 5.38. The minimum absolute atomic E-state index is 0.203. The molecule has 2 aromatic rings. The van der Waals surface area contributed by atoms with Crippen molar-refractivity contribution >= 4 is 5.95 Å². The predicted octanol–water partition coefficient (Wildman–Crippen LogP) is 0.0515. The first kappa shape index (κ1) is 11.3. The molecule has 0 radical (unpaired) electrons. The summed E-state index contributed by atoms with van der Waals surface area (Å²) in [6.45, 7) is 0.501. The molecule has 7 heteroatoms. The molecule has 1 unspecified atom stereocenters. The fourth-order valence-electron chi connectivity index (χ4n) is 1.21. The minimum atomic E-state index is -0.645. The van der Waals surface area contributed by atoms with Crippen LogP contribution in [0, 0.1) is 0 Å². The van der Waals surface area contributed by atoms with Gasteiger partial charge in [0, 0.05) is 6.54 Å². The van der Waals surface area contributed by atoms with Gasteiger partial charge in [0.15, 0.2) is 0 Å². The number of nitrogens with one attached hydrogen (secondary N) is 2. The first-order valence-corrected chi connectivity index (χ1v) is 5.18. The van der Waals surface area contributed by atoms with Crippen LogP contribution in [0.3, 0.4) is 0 Å². The van der Waals surface area contributed by atoms with Gasteiger partial charge in [0.1, 0.15) is 18.5 Å². The third kappa shape index (κ3) is 3.72. The number of tetrazole rings is 1. The van der Waals surface area contributed by atoms with Crippen LogP contribution in [-0.4, -0.2) is 45.0 Å². The predicted molar refractivity (Wildman–Crippen MR) is 60.6 cm³/mol. The van der Waals surface area contributed by atoms with Crippen molar-refractivity contribution in [1.82, 2.24) is 20.6 Å². The number of hydrogen-bond acceptors (Lipinski definition) is 6. The van der Waals surface area contributed by atoms with E-state index >= 15 is 0 Å². The number of ether oxygens (including phenoxy) is 1. The molecule has 0 amide bonds. The van der Waals surface area contributed by atoms with E-state index in [9.17, 15) is 5.11 Å². The van der Waals surface area contributed by atoms with Crippen LogP contribution in [-0.2, 0) is 0 Å². The van der Waals surface area contributed by atoms with Crippen LogP contribution in [0.5, 0.6) is 5.75 Å². The summed E-state index contributed by atoms with van der Waals surface area (Å²) in [5.41, 5.74) is 0. The highest BCUT2D eigenvalue weighted by atomic mass is 16.5. The molecule has 1 aromatic carbocycles. The number of rotatable bonds is 6. The fraction of sp³-hybridized carbons (Fsp3) is 0.300. The lowest BCUT2D eigenvalue weighted by Crippen LogP contribution is -2.26. The number of aliphatic hydroxyl groups is 1. The van der Waals surface area contributed by atoms with E-state index in [2.05, 4.69) is 25.9 Å². The molecule has 0 bridgehead atoms. The van der Waals surface area contributed by atoms with E-state index in [4.69, 9.17) is 4.74 Å². The Morgan fingerprint density at radius 2 is 2.18 bits per heavy atom. The van der Waals surface area contributed by atoms with Crippen LogP contribution in [0.15, 0.2) is 30.3 Å². The summed E-state index contributed by atoms with van der Waals surface area (Å²) in [6, 6.07) is 9.32. The van der Waals surface area contributed by atoms with Crippen molar-refractivity contribution < 1.29 is 9.84 Å².